The van der Waals surface area contributed by atoms with Crippen LogP contribution >= 0.6 is 11.6 Å². The van der Waals surface area contributed by atoms with Gasteiger partial charge in [-0.25, -0.2) is 0 Å². The molecule has 5 heteroatoms. The van der Waals surface area contributed by atoms with Crippen LogP contribution in [0.1, 0.15) is 25.6 Å². The molecule has 86 valence electrons. The van der Waals surface area contributed by atoms with Gasteiger partial charge in [-0.3, -0.25) is 4.68 Å². The molecule has 2 atom stereocenters. The van der Waals surface area contributed by atoms with Crippen molar-refractivity contribution in [1.82, 2.24) is 9.78 Å². The van der Waals surface area contributed by atoms with E-state index in [0.29, 0.717) is 10.9 Å². The minimum absolute atomic E-state index is 0.0575. The summed E-state index contributed by atoms with van der Waals surface area (Å²) in [6.07, 6.45) is 1.54. The molecule has 2 unspecified atom stereocenters. The largest absolute Gasteiger partial charge is 0.379 e. The lowest BCUT2D eigenvalue weighted by Crippen LogP contribution is -2.34. The van der Waals surface area contributed by atoms with Crippen LogP contribution < -0.4 is 5.73 Å². The summed E-state index contributed by atoms with van der Waals surface area (Å²) in [6, 6.07) is -0.255. The molecule has 0 saturated carbocycles. The van der Waals surface area contributed by atoms with Gasteiger partial charge in [0.15, 0.2) is 0 Å². The summed E-state index contributed by atoms with van der Waals surface area (Å²) in [5.74, 6) is 0.330. The number of hydrogen-bond donors (Lipinski definition) is 1. The third-order valence-electron chi connectivity index (χ3n) is 2.54. The van der Waals surface area contributed by atoms with E-state index >= 15 is 0 Å². The van der Waals surface area contributed by atoms with Gasteiger partial charge in [0.05, 0.1) is 29.1 Å². The Morgan fingerprint density at radius 1 is 1.53 bits per heavy atom. The van der Waals surface area contributed by atoms with Crippen molar-refractivity contribution >= 4 is 11.6 Å². The van der Waals surface area contributed by atoms with Gasteiger partial charge < -0.3 is 10.5 Å². The minimum atomic E-state index is -0.255. The monoisotopic (exact) mass is 231 g/mol. The van der Waals surface area contributed by atoms with Crippen molar-refractivity contribution in [1.29, 1.82) is 0 Å². The van der Waals surface area contributed by atoms with Gasteiger partial charge in [0, 0.05) is 14.2 Å². The predicted octanol–water partition coefficient (Wildman–Crippen LogP) is 1.74. The van der Waals surface area contributed by atoms with Crippen molar-refractivity contribution < 1.29 is 4.74 Å². The van der Waals surface area contributed by atoms with Gasteiger partial charge in [-0.15, -0.1) is 0 Å². The molecule has 2 N–H and O–H groups in total. The first kappa shape index (κ1) is 12.5. The Morgan fingerprint density at radius 2 is 2.13 bits per heavy atom. The van der Waals surface area contributed by atoms with Crippen molar-refractivity contribution in [2.45, 2.75) is 26.0 Å². The van der Waals surface area contributed by atoms with Crippen LogP contribution in [-0.2, 0) is 11.8 Å². The Labute approximate surface area is 95.3 Å². The lowest BCUT2D eigenvalue weighted by Gasteiger charge is -2.26. The van der Waals surface area contributed by atoms with E-state index in [4.69, 9.17) is 22.1 Å². The first-order valence-corrected chi connectivity index (χ1v) is 5.32. The molecule has 1 aromatic heterocycles. The zero-order chi connectivity index (χ0) is 11.6. The van der Waals surface area contributed by atoms with Gasteiger partial charge in [0.25, 0.3) is 0 Å². The smallest absolute Gasteiger partial charge is 0.0834 e. The summed E-state index contributed by atoms with van der Waals surface area (Å²) >= 11 is 6.03. The van der Waals surface area contributed by atoms with Crippen LogP contribution in [0.4, 0.5) is 0 Å². The first-order valence-electron chi connectivity index (χ1n) is 4.94. The quantitative estimate of drug-likeness (QED) is 0.859. The van der Waals surface area contributed by atoms with E-state index < -0.39 is 0 Å². The van der Waals surface area contributed by atoms with Crippen LogP contribution in [0, 0.1) is 5.92 Å². The van der Waals surface area contributed by atoms with Crippen LogP contribution in [0.25, 0.3) is 0 Å². The molecule has 0 bridgehead atoms. The number of nitrogens with zero attached hydrogens (tertiary/aromatic N) is 2. The molecule has 0 radical (unpaired) electrons. The molecule has 0 spiro atoms. The maximum absolute atomic E-state index is 6.13. The topological polar surface area (TPSA) is 53.1 Å². The Morgan fingerprint density at radius 3 is 2.47 bits per heavy atom. The summed E-state index contributed by atoms with van der Waals surface area (Å²) in [7, 11) is 3.49. The van der Waals surface area contributed by atoms with E-state index in [9.17, 15) is 0 Å². The van der Waals surface area contributed by atoms with Gasteiger partial charge in [0.1, 0.15) is 0 Å². The Bertz CT molecular complexity index is 305. The highest BCUT2D eigenvalue weighted by atomic mass is 35.5. The number of halogens is 1. The predicted molar refractivity (Wildman–Crippen MR) is 60.8 cm³/mol. The van der Waals surface area contributed by atoms with Gasteiger partial charge in [-0.05, 0) is 5.92 Å². The van der Waals surface area contributed by atoms with E-state index in [2.05, 4.69) is 18.9 Å². The molecule has 0 amide bonds. The Balaban J connectivity index is 2.97. The summed E-state index contributed by atoms with van der Waals surface area (Å²) in [5.41, 5.74) is 6.94. The lowest BCUT2D eigenvalue weighted by atomic mass is 9.97. The van der Waals surface area contributed by atoms with Crippen molar-refractivity contribution in [3.63, 3.8) is 0 Å². The number of aryl methyl sites for hydroxylation is 1. The summed E-state index contributed by atoms with van der Waals surface area (Å²) in [5, 5.41) is 4.65. The molecule has 0 aromatic carbocycles. The molecule has 15 heavy (non-hydrogen) atoms. The molecular weight excluding hydrogens is 214 g/mol. The van der Waals surface area contributed by atoms with Crippen LogP contribution in [0.2, 0.25) is 5.02 Å². The molecular formula is C10H18ClN3O. The fourth-order valence-electron chi connectivity index (χ4n) is 1.78. The first-order chi connectivity index (χ1) is 6.99. The number of hydrogen-bond acceptors (Lipinski definition) is 3. The molecule has 1 heterocycles. The molecule has 0 saturated heterocycles. The SMILES string of the molecule is COC(C(C)C)C(N)c1c(Cl)cnn1C. The highest BCUT2D eigenvalue weighted by Crippen LogP contribution is 2.27. The summed E-state index contributed by atoms with van der Waals surface area (Å²) in [6.45, 7) is 4.14. The van der Waals surface area contributed by atoms with Crippen molar-refractivity contribution in [3.05, 3.63) is 16.9 Å². The molecule has 1 rings (SSSR count). The van der Waals surface area contributed by atoms with Crippen LogP contribution in [0.5, 0.6) is 0 Å². The standard InChI is InChI=1S/C10H18ClN3O/c1-6(2)10(15-4)8(12)9-7(11)5-13-14(9)3/h5-6,8,10H,12H2,1-4H3. The summed E-state index contributed by atoms with van der Waals surface area (Å²) < 4.78 is 7.08. The zero-order valence-corrected chi connectivity index (χ0v) is 10.3. The third-order valence-corrected chi connectivity index (χ3v) is 2.83. The lowest BCUT2D eigenvalue weighted by molar-refractivity contribution is 0.0417. The number of rotatable bonds is 4. The normalized spacial score (nSPS) is 15.7. The van der Waals surface area contributed by atoms with E-state index in [-0.39, 0.29) is 12.1 Å². The highest BCUT2D eigenvalue weighted by Gasteiger charge is 2.26. The second-order valence-electron chi connectivity index (χ2n) is 3.97. The van der Waals surface area contributed by atoms with Gasteiger partial charge in [0.2, 0.25) is 0 Å². The maximum Gasteiger partial charge on any atom is 0.0834 e. The van der Waals surface area contributed by atoms with Crippen LogP contribution in [0.15, 0.2) is 6.20 Å². The molecule has 0 fully saturated rings. The van der Waals surface area contributed by atoms with Crippen molar-refractivity contribution in [3.8, 4) is 0 Å². The highest BCUT2D eigenvalue weighted by molar-refractivity contribution is 6.31. The van der Waals surface area contributed by atoms with Crippen molar-refractivity contribution in [2.24, 2.45) is 18.7 Å². The van der Waals surface area contributed by atoms with Crippen molar-refractivity contribution in [2.75, 3.05) is 7.11 Å². The van der Waals surface area contributed by atoms with Gasteiger partial charge >= 0.3 is 0 Å². The van der Waals surface area contributed by atoms with E-state index in [1.807, 2.05) is 7.05 Å². The average molecular weight is 232 g/mol. The second kappa shape index (κ2) is 4.96. The number of aromatic nitrogens is 2. The zero-order valence-electron chi connectivity index (χ0n) is 9.57. The fraction of sp³-hybridized carbons (Fsp3) is 0.700. The third kappa shape index (κ3) is 2.51. The molecule has 0 aliphatic carbocycles. The molecule has 0 aliphatic rings. The second-order valence-corrected chi connectivity index (χ2v) is 4.38. The van der Waals surface area contributed by atoms with E-state index in [1.165, 1.54) is 0 Å². The summed E-state index contributed by atoms with van der Waals surface area (Å²) in [4.78, 5) is 0. The average Bonchev–Trinajstić information content (AvgIpc) is 2.46. The van der Waals surface area contributed by atoms with Crippen LogP contribution in [0.3, 0.4) is 0 Å². The van der Waals surface area contributed by atoms with E-state index in [1.54, 1.807) is 18.0 Å². The van der Waals surface area contributed by atoms with Crippen LogP contribution in [-0.4, -0.2) is 23.0 Å². The van der Waals surface area contributed by atoms with Gasteiger partial charge in [-0.1, -0.05) is 25.4 Å². The molecule has 0 aliphatic heterocycles. The fourth-order valence-corrected chi connectivity index (χ4v) is 2.08. The van der Waals surface area contributed by atoms with Gasteiger partial charge in [-0.2, -0.15) is 5.10 Å². The molecule has 4 nitrogen and oxygen atoms in total. The Hall–Kier alpha value is -0.580. The number of nitrogens with two attached hydrogens (primary N) is 1. The number of ether oxygens (including phenoxy) is 1. The van der Waals surface area contributed by atoms with E-state index in [0.717, 1.165) is 5.69 Å². The number of methoxy groups -OCH3 is 1. The Kier molecular flexibility index (Phi) is 4.13. The molecule has 1 aromatic rings. The maximum atomic E-state index is 6.13. The minimum Gasteiger partial charge on any atom is -0.379 e.